The van der Waals surface area contributed by atoms with Crippen LogP contribution in [-0.4, -0.2) is 10.6 Å². The predicted octanol–water partition coefficient (Wildman–Crippen LogP) is 12.8. The molecule has 0 saturated heterocycles. The summed E-state index contributed by atoms with van der Waals surface area (Å²) in [5.41, 5.74) is 13.2. The number of thiophene rings is 1. The van der Waals surface area contributed by atoms with Gasteiger partial charge in [0.2, 0.25) is 0 Å². The van der Waals surface area contributed by atoms with Crippen molar-refractivity contribution in [2.24, 2.45) is 0 Å². The summed E-state index contributed by atoms with van der Waals surface area (Å²) in [5, 5.41) is 3.99. The van der Waals surface area contributed by atoms with Gasteiger partial charge in [-0.1, -0.05) is 127 Å². The van der Waals surface area contributed by atoms with Gasteiger partial charge >= 0.3 is 0 Å². The fourth-order valence-electron chi connectivity index (χ4n) is 9.12. The highest BCUT2D eigenvalue weighted by Crippen LogP contribution is 2.52. The summed E-state index contributed by atoms with van der Waals surface area (Å²) in [6.07, 6.45) is 22.4. The van der Waals surface area contributed by atoms with Crippen molar-refractivity contribution < 1.29 is 0 Å². The number of hydrogen-bond donors (Lipinski definition) is 0. The second-order valence-electron chi connectivity index (χ2n) is 14.3. The normalized spacial score (nSPS) is 20.5. The number of nitrogens with zero attached hydrogens (tertiary/aromatic N) is 2. The predicted molar refractivity (Wildman–Crippen MR) is 218 cm³/mol. The van der Waals surface area contributed by atoms with Crippen LogP contribution in [0.4, 0.5) is 11.4 Å². The van der Waals surface area contributed by atoms with Gasteiger partial charge in [0, 0.05) is 44.3 Å². The lowest BCUT2D eigenvalue weighted by molar-refractivity contribution is 0.749. The van der Waals surface area contributed by atoms with Crippen molar-refractivity contribution >= 4 is 71.9 Å². The summed E-state index contributed by atoms with van der Waals surface area (Å²) in [4.78, 5) is 4.14. The lowest BCUT2D eigenvalue weighted by Crippen LogP contribution is -2.29. The maximum absolute atomic E-state index is 2.61. The molecule has 1 aliphatic heterocycles. The zero-order valence-corrected chi connectivity index (χ0v) is 29.1. The number of fused-ring (bicyclic) bond motifs is 9. The lowest BCUT2D eigenvalue weighted by Gasteiger charge is -2.30. The molecular weight excluding hydrogens is 637 g/mol. The van der Waals surface area contributed by atoms with Gasteiger partial charge in [-0.2, -0.15) is 0 Å². The number of hydrogen-bond acceptors (Lipinski definition) is 2. The number of para-hydroxylation sites is 2. The van der Waals surface area contributed by atoms with Gasteiger partial charge in [0.1, 0.15) is 0 Å². The maximum atomic E-state index is 2.61. The fourth-order valence-corrected chi connectivity index (χ4v) is 10.4. The highest BCUT2D eigenvalue weighted by atomic mass is 32.1. The van der Waals surface area contributed by atoms with Gasteiger partial charge in [0.05, 0.1) is 27.5 Å². The molecule has 2 nitrogen and oxygen atoms in total. The van der Waals surface area contributed by atoms with Gasteiger partial charge < -0.3 is 9.47 Å². The Balaban J connectivity index is 0.979. The van der Waals surface area contributed by atoms with Crippen molar-refractivity contribution in [2.75, 3.05) is 4.90 Å². The number of aryl methyl sites for hydroxylation is 1. The van der Waals surface area contributed by atoms with Crippen LogP contribution in [0.3, 0.4) is 0 Å². The number of anilines is 2. The van der Waals surface area contributed by atoms with E-state index in [4.69, 9.17) is 0 Å². The summed E-state index contributed by atoms with van der Waals surface area (Å²) in [6.45, 7) is 0. The second-order valence-corrected chi connectivity index (χ2v) is 15.4. The molecule has 0 radical (unpaired) electrons. The minimum absolute atomic E-state index is 0.238. The van der Waals surface area contributed by atoms with Crippen molar-refractivity contribution in [1.82, 2.24) is 4.57 Å². The van der Waals surface area contributed by atoms with Gasteiger partial charge in [-0.3, -0.25) is 0 Å². The molecule has 4 aliphatic rings. The molecule has 3 heteroatoms. The van der Waals surface area contributed by atoms with Gasteiger partial charge in [-0.15, -0.1) is 11.3 Å². The molecule has 0 bridgehead atoms. The van der Waals surface area contributed by atoms with Gasteiger partial charge in [-0.05, 0) is 83.5 Å². The van der Waals surface area contributed by atoms with Crippen LogP contribution in [0.5, 0.6) is 0 Å². The lowest BCUT2D eigenvalue weighted by atomic mass is 9.86. The molecule has 51 heavy (non-hydrogen) atoms. The van der Waals surface area contributed by atoms with E-state index in [1.807, 2.05) is 11.3 Å². The third-order valence-corrected chi connectivity index (χ3v) is 12.8. The molecule has 3 unspecified atom stereocenters. The molecule has 7 aromatic rings. The van der Waals surface area contributed by atoms with Crippen LogP contribution in [0.2, 0.25) is 0 Å². The van der Waals surface area contributed by atoms with Crippen LogP contribution in [0, 0.1) is 0 Å². The summed E-state index contributed by atoms with van der Waals surface area (Å²) in [5.74, 6) is 0.693. The van der Waals surface area contributed by atoms with E-state index in [0.717, 1.165) is 19.3 Å². The fraction of sp³-hybridized carbons (Fsp3) is 0.125. The highest BCUT2D eigenvalue weighted by Gasteiger charge is 2.39. The first-order valence-electron chi connectivity index (χ1n) is 18.3. The Kier molecular flexibility index (Phi) is 6.54. The van der Waals surface area contributed by atoms with Crippen LogP contribution in [0.25, 0.3) is 49.2 Å². The zero-order valence-electron chi connectivity index (χ0n) is 28.2. The van der Waals surface area contributed by atoms with Crippen molar-refractivity contribution in [3.63, 3.8) is 0 Å². The molecule has 0 amide bonds. The van der Waals surface area contributed by atoms with Crippen LogP contribution < -0.4 is 4.90 Å². The third-order valence-electron chi connectivity index (χ3n) is 11.5. The topological polar surface area (TPSA) is 8.17 Å². The first-order valence-corrected chi connectivity index (χ1v) is 19.1. The van der Waals surface area contributed by atoms with Crippen LogP contribution in [0.15, 0.2) is 158 Å². The van der Waals surface area contributed by atoms with Gasteiger partial charge in [-0.25, -0.2) is 0 Å². The summed E-state index contributed by atoms with van der Waals surface area (Å²) in [7, 11) is 0. The van der Waals surface area contributed by atoms with E-state index in [-0.39, 0.29) is 12.0 Å². The van der Waals surface area contributed by atoms with E-state index >= 15 is 0 Å². The Hall–Kier alpha value is -5.64. The standard InChI is InChI=1S/C48H36N2S/c1-2-11-31(12-3-1)32-21-25-35(26-22-32)49-42-17-7-4-13-36(42)40-29-33(23-27-44(40)49)34-24-28-45-41(30-34)37-14-5-8-18-43(37)50(45)46-19-10-16-39-38-15-6-9-20-47(38)51-48(39)46/h1-8,10-19,21,23-30,32,41,45H,9,20,22H2. The average Bonchev–Trinajstić information content (AvgIpc) is 3.86. The quantitative estimate of drug-likeness (QED) is 0.181. The largest absolute Gasteiger partial charge is 0.332 e. The van der Waals surface area contributed by atoms with Crippen LogP contribution >= 0.6 is 11.3 Å². The SMILES string of the molecule is C1=Cc2c(sc3c(N4c5ccccc5C5C=C(c6ccc7c(c6)c6ccccc6n7C6=CCC(c7ccccc7)C=C6)C=CC54)cccc23)CC1. The van der Waals surface area contributed by atoms with Crippen LogP contribution in [0.1, 0.15) is 51.8 Å². The molecule has 3 heterocycles. The summed E-state index contributed by atoms with van der Waals surface area (Å²) in [6, 6.07) is 43.0. The number of benzene rings is 5. The third kappa shape index (κ3) is 4.48. The van der Waals surface area contributed by atoms with E-state index in [1.165, 1.54) is 81.7 Å². The molecular formula is C48H36N2S. The minimum atomic E-state index is 0.238. The smallest absolute Gasteiger partial charge is 0.0630 e. The Labute approximate surface area is 302 Å². The Morgan fingerprint density at radius 1 is 0.667 bits per heavy atom. The molecule has 11 rings (SSSR count). The number of rotatable bonds is 4. The molecule has 0 spiro atoms. The van der Waals surface area contributed by atoms with Crippen molar-refractivity contribution in [3.05, 3.63) is 185 Å². The molecule has 2 aromatic heterocycles. The highest BCUT2D eigenvalue weighted by molar-refractivity contribution is 7.20. The Morgan fingerprint density at radius 2 is 1.49 bits per heavy atom. The van der Waals surface area contributed by atoms with Gasteiger partial charge in [0.15, 0.2) is 0 Å². The van der Waals surface area contributed by atoms with Gasteiger partial charge in [0.25, 0.3) is 0 Å². The Bertz CT molecular complexity index is 2690. The van der Waals surface area contributed by atoms with Crippen LogP contribution in [-0.2, 0) is 6.42 Å². The average molecular weight is 673 g/mol. The second kappa shape index (κ2) is 11.4. The maximum Gasteiger partial charge on any atom is 0.0630 e. The van der Waals surface area contributed by atoms with E-state index < -0.39 is 0 Å². The van der Waals surface area contributed by atoms with Crippen molar-refractivity contribution in [3.8, 4) is 0 Å². The molecule has 0 saturated carbocycles. The number of allylic oxidation sites excluding steroid dienone is 7. The summed E-state index contributed by atoms with van der Waals surface area (Å²) >= 11 is 2.00. The molecule has 0 N–H and O–H groups in total. The zero-order chi connectivity index (χ0) is 33.5. The van der Waals surface area contributed by atoms with E-state index in [2.05, 4.69) is 173 Å². The molecule has 0 fully saturated rings. The van der Waals surface area contributed by atoms with Crippen molar-refractivity contribution in [2.45, 2.75) is 37.1 Å². The van der Waals surface area contributed by atoms with E-state index in [1.54, 1.807) is 0 Å². The molecule has 3 aliphatic carbocycles. The molecule has 244 valence electrons. The monoisotopic (exact) mass is 672 g/mol. The first kappa shape index (κ1) is 29.1. The number of aromatic nitrogens is 1. The van der Waals surface area contributed by atoms with E-state index in [0.29, 0.717) is 5.92 Å². The van der Waals surface area contributed by atoms with Crippen molar-refractivity contribution in [1.29, 1.82) is 0 Å². The summed E-state index contributed by atoms with van der Waals surface area (Å²) < 4.78 is 3.87. The molecule has 3 atom stereocenters. The Morgan fingerprint density at radius 3 is 2.41 bits per heavy atom. The van der Waals surface area contributed by atoms with E-state index in [9.17, 15) is 0 Å². The minimum Gasteiger partial charge on any atom is -0.332 e. The first-order chi connectivity index (χ1) is 25.3. The molecule has 5 aromatic carbocycles.